The Morgan fingerprint density at radius 1 is 1.27 bits per heavy atom. The van der Waals surface area contributed by atoms with Gasteiger partial charge >= 0.3 is 0 Å². The molecule has 1 unspecified atom stereocenters. The molecule has 1 atom stereocenters. The number of nitrogens with one attached hydrogen (secondary N) is 1. The zero-order valence-corrected chi connectivity index (χ0v) is 12.4. The number of hydrogen-bond acceptors (Lipinski definition) is 4. The highest BCUT2D eigenvalue weighted by atomic mass is 16.1. The van der Waals surface area contributed by atoms with Crippen LogP contribution in [0.25, 0.3) is 16.9 Å². The number of aryl methyl sites for hydroxylation is 1. The van der Waals surface area contributed by atoms with E-state index in [1.807, 2.05) is 25.2 Å². The Bertz CT molecular complexity index is 875. The van der Waals surface area contributed by atoms with Crippen LogP contribution < -0.4 is 10.9 Å². The zero-order chi connectivity index (χ0) is 15.1. The largest absolute Gasteiger partial charge is 0.331 e. The number of hydrogen-bond donors (Lipinski definition) is 1. The van der Waals surface area contributed by atoms with Crippen LogP contribution in [0.5, 0.6) is 0 Å². The molecule has 1 aliphatic rings. The van der Waals surface area contributed by atoms with Crippen LogP contribution in [-0.4, -0.2) is 25.7 Å². The lowest BCUT2D eigenvalue weighted by molar-refractivity contribution is 0.590. The van der Waals surface area contributed by atoms with Gasteiger partial charge in [0.1, 0.15) is 5.65 Å². The Labute approximate surface area is 127 Å². The van der Waals surface area contributed by atoms with Gasteiger partial charge in [-0.3, -0.25) is 9.78 Å². The van der Waals surface area contributed by atoms with E-state index >= 15 is 0 Å². The van der Waals surface area contributed by atoms with Crippen molar-refractivity contribution in [3.05, 3.63) is 52.7 Å². The van der Waals surface area contributed by atoms with E-state index in [-0.39, 0.29) is 11.6 Å². The third-order valence-corrected chi connectivity index (χ3v) is 4.30. The van der Waals surface area contributed by atoms with Gasteiger partial charge in [-0.05, 0) is 31.5 Å². The number of fused-ring (bicyclic) bond motifs is 1. The van der Waals surface area contributed by atoms with Gasteiger partial charge in [0.15, 0.2) is 0 Å². The molecule has 3 aromatic rings. The molecule has 4 rings (SSSR count). The van der Waals surface area contributed by atoms with E-state index in [0.717, 1.165) is 42.0 Å². The van der Waals surface area contributed by atoms with Gasteiger partial charge in [-0.2, -0.15) is 9.61 Å². The quantitative estimate of drug-likeness (QED) is 0.778. The molecule has 1 saturated heterocycles. The molecule has 1 N–H and O–H groups in total. The first-order valence-electron chi connectivity index (χ1n) is 7.47. The van der Waals surface area contributed by atoms with Crippen LogP contribution in [0.4, 0.5) is 0 Å². The molecule has 1 fully saturated rings. The summed E-state index contributed by atoms with van der Waals surface area (Å²) in [7, 11) is 1.99. The van der Waals surface area contributed by atoms with E-state index in [9.17, 15) is 4.79 Å². The summed E-state index contributed by atoms with van der Waals surface area (Å²) >= 11 is 0. The van der Waals surface area contributed by atoms with Crippen LogP contribution >= 0.6 is 0 Å². The van der Waals surface area contributed by atoms with Crippen molar-refractivity contribution >= 4 is 5.65 Å². The second-order valence-corrected chi connectivity index (χ2v) is 5.65. The Balaban J connectivity index is 1.90. The summed E-state index contributed by atoms with van der Waals surface area (Å²) in [5.74, 6) is 0. The maximum Gasteiger partial charge on any atom is 0.274 e. The molecule has 1 aliphatic heterocycles. The van der Waals surface area contributed by atoms with Gasteiger partial charge in [0.25, 0.3) is 5.56 Å². The average Bonchev–Trinajstić information content (AvgIpc) is 3.21. The van der Waals surface area contributed by atoms with Crippen molar-refractivity contribution < 1.29 is 0 Å². The second-order valence-electron chi connectivity index (χ2n) is 5.65. The Morgan fingerprint density at radius 3 is 2.82 bits per heavy atom. The molecule has 0 bridgehead atoms. The molecule has 0 radical (unpaired) electrons. The lowest BCUT2D eigenvalue weighted by atomic mass is 10.1. The highest BCUT2D eigenvalue weighted by Gasteiger charge is 2.21. The summed E-state index contributed by atoms with van der Waals surface area (Å²) in [5, 5.41) is 7.89. The van der Waals surface area contributed by atoms with Crippen molar-refractivity contribution in [1.29, 1.82) is 0 Å². The van der Waals surface area contributed by atoms with Gasteiger partial charge in [-0.1, -0.05) is 0 Å². The van der Waals surface area contributed by atoms with Crippen LogP contribution in [-0.2, 0) is 7.05 Å². The first kappa shape index (κ1) is 13.2. The lowest BCUT2D eigenvalue weighted by Crippen LogP contribution is -2.24. The van der Waals surface area contributed by atoms with Gasteiger partial charge < -0.3 is 9.88 Å². The van der Waals surface area contributed by atoms with Crippen molar-refractivity contribution in [3.63, 3.8) is 0 Å². The zero-order valence-electron chi connectivity index (χ0n) is 12.4. The average molecular weight is 295 g/mol. The van der Waals surface area contributed by atoms with E-state index in [1.54, 1.807) is 18.5 Å². The van der Waals surface area contributed by atoms with Crippen LogP contribution in [0.1, 0.15) is 24.6 Å². The lowest BCUT2D eigenvalue weighted by Gasteiger charge is -2.16. The number of aromatic nitrogens is 4. The SMILES string of the molecule is Cn1c(C2CCCN2)cc(=O)n2nc(-c3ccncc3)cc12. The third kappa shape index (κ3) is 2.03. The van der Waals surface area contributed by atoms with Crippen molar-refractivity contribution in [3.8, 4) is 11.3 Å². The standard InChI is InChI=1S/C16H17N5O/c1-20-14(12-3-2-6-18-12)10-16(22)21-15(20)9-13(19-21)11-4-7-17-8-5-11/h4-5,7-10,12,18H,2-3,6H2,1H3. The molecular weight excluding hydrogens is 278 g/mol. The summed E-state index contributed by atoms with van der Waals surface area (Å²) < 4.78 is 3.52. The van der Waals surface area contributed by atoms with Crippen molar-refractivity contribution in [2.24, 2.45) is 7.05 Å². The molecule has 0 aromatic carbocycles. The fourth-order valence-corrected chi connectivity index (χ4v) is 3.12. The molecule has 0 spiro atoms. The minimum atomic E-state index is -0.0860. The third-order valence-electron chi connectivity index (χ3n) is 4.30. The molecular formula is C16H17N5O. The van der Waals surface area contributed by atoms with Crippen LogP contribution in [0.3, 0.4) is 0 Å². The molecule has 0 aliphatic carbocycles. The normalized spacial score (nSPS) is 18.1. The van der Waals surface area contributed by atoms with E-state index < -0.39 is 0 Å². The molecule has 112 valence electrons. The summed E-state index contributed by atoms with van der Waals surface area (Å²) in [4.78, 5) is 16.4. The van der Waals surface area contributed by atoms with E-state index in [1.165, 1.54) is 4.52 Å². The number of pyridine rings is 1. The summed E-state index contributed by atoms with van der Waals surface area (Å²) in [6.07, 6.45) is 5.66. The molecule has 22 heavy (non-hydrogen) atoms. The van der Waals surface area contributed by atoms with Gasteiger partial charge in [0, 0.05) is 48.9 Å². The van der Waals surface area contributed by atoms with Gasteiger partial charge in [-0.15, -0.1) is 0 Å². The van der Waals surface area contributed by atoms with E-state index in [4.69, 9.17) is 0 Å². The van der Waals surface area contributed by atoms with Gasteiger partial charge in [-0.25, -0.2) is 0 Å². The highest BCUT2D eigenvalue weighted by Crippen LogP contribution is 2.24. The minimum Gasteiger partial charge on any atom is -0.331 e. The number of nitrogens with zero attached hydrogens (tertiary/aromatic N) is 4. The first-order chi connectivity index (χ1) is 10.7. The molecule has 4 heterocycles. The van der Waals surface area contributed by atoms with E-state index in [2.05, 4.69) is 20.0 Å². The van der Waals surface area contributed by atoms with Crippen LogP contribution in [0.2, 0.25) is 0 Å². The Kier molecular flexibility index (Phi) is 3.04. The van der Waals surface area contributed by atoms with Crippen molar-refractivity contribution in [2.45, 2.75) is 18.9 Å². The summed E-state index contributed by atoms with van der Waals surface area (Å²) in [5.41, 5.74) is 3.49. The molecule has 3 aromatic heterocycles. The van der Waals surface area contributed by atoms with Crippen LogP contribution in [0.15, 0.2) is 41.5 Å². The van der Waals surface area contributed by atoms with Crippen LogP contribution in [0, 0.1) is 0 Å². The Hall–Kier alpha value is -2.47. The molecule has 6 nitrogen and oxygen atoms in total. The van der Waals surface area contributed by atoms with Crippen molar-refractivity contribution in [2.75, 3.05) is 6.54 Å². The predicted octanol–water partition coefficient (Wildman–Crippen LogP) is 1.52. The number of rotatable bonds is 2. The summed E-state index contributed by atoms with van der Waals surface area (Å²) in [6.45, 7) is 1.01. The Morgan fingerprint density at radius 2 is 2.09 bits per heavy atom. The topological polar surface area (TPSA) is 64.2 Å². The fourth-order valence-electron chi connectivity index (χ4n) is 3.12. The van der Waals surface area contributed by atoms with Gasteiger partial charge in [0.2, 0.25) is 0 Å². The molecule has 0 saturated carbocycles. The van der Waals surface area contributed by atoms with E-state index in [0.29, 0.717) is 0 Å². The maximum atomic E-state index is 12.4. The highest BCUT2D eigenvalue weighted by molar-refractivity contribution is 5.63. The van der Waals surface area contributed by atoms with Gasteiger partial charge in [0.05, 0.1) is 5.69 Å². The maximum absolute atomic E-state index is 12.4. The first-order valence-corrected chi connectivity index (χ1v) is 7.47. The fraction of sp³-hybridized carbons (Fsp3) is 0.312. The smallest absolute Gasteiger partial charge is 0.274 e. The molecule has 6 heteroatoms. The summed E-state index contributed by atoms with van der Waals surface area (Å²) in [6, 6.07) is 7.69. The second kappa shape index (κ2) is 5.06. The van der Waals surface area contributed by atoms with Crippen molar-refractivity contribution in [1.82, 2.24) is 24.5 Å². The molecule has 0 amide bonds. The monoisotopic (exact) mass is 295 g/mol. The predicted molar refractivity (Wildman–Crippen MR) is 83.6 cm³/mol. The minimum absolute atomic E-state index is 0.0860.